The topological polar surface area (TPSA) is 38.3 Å². The summed E-state index contributed by atoms with van der Waals surface area (Å²) >= 11 is 0. The lowest BCUT2D eigenvalue weighted by molar-refractivity contribution is 0.0850. The van der Waals surface area contributed by atoms with E-state index in [0.717, 1.165) is 12.8 Å². The monoisotopic (exact) mass is 243 g/mol. The van der Waals surface area contributed by atoms with Gasteiger partial charge in [0.05, 0.1) is 7.11 Å². The first-order chi connectivity index (χ1) is 8.56. The van der Waals surface area contributed by atoms with Crippen LogP contribution in [-0.4, -0.2) is 18.6 Å². The van der Waals surface area contributed by atoms with Crippen LogP contribution in [0.4, 0.5) is 0 Å². The number of carbonyl (C=O) groups is 1. The lowest BCUT2D eigenvalue weighted by Gasteiger charge is -2.39. The highest BCUT2D eigenvalue weighted by molar-refractivity contribution is 5.95. The Balaban J connectivity index is 2.21. The Labute approximate surface area is 108 Å². The lowest BCUT2D eigenvalue weighted by Crippen LogP contribution is -2.50. The van der Waals surface area contributed by atoms with Crippen molar-refractivity contribution in [2.24, 2.45) is 0 Å². The summed E-state index contributed by atoms with van der Waals surface area (Å²) in [5, 5.41) is 3.05. The molecular formula is C15H17NO2. The number of hydrogen-bond acceptors (Lipinski definition) is 2. The van der Waals surface area contributed by atoms with Crippen LogP contribution in [0.1, 0.15) is 42.1 Å². The van der Waals surface area contributed by atoms with Crippen LogP contribution in [-0.2, 0) is 0 Å². The summed E-state index contributed by atoms with van der Waals surface area (Å²) < 4.78 is 5.14. The van der Waals surface area contributed by atoms with E-state index in [1.54, 1.807) is 25.3 Å². The van der Waals surface area contributed by atoms with Crippen molar-refractivity contribution in [2.45, 2.75) is 31.7 Å². The fraction of sp³-hybridized carbons (Fsp3) is 0.400. The van der Waals surface area contributed by atoms with E-state index in [1.165, 1.54) is 6.42 Å². The van der Waals surface area contributed by atoms with Gasteiger partial charge in [-0.15, -0.1) is 6.42 Å². The maximum Gasteiger partial charge on any atom is 0.251 e. The van der Waals surface area contributed by atoms with Crippen molar-refractivity contribution in [3.8, 4) is 18.1 Å². The average Bonchev–Trinajstić information content (AvgIpc) is 2.36. The first kappa shape index (κ1) is 12.5. The van der Waals surface area contributed by atoms with Crippen LogP contribution < -0.4 is 10.1 Å². The van der Waals surface area contributed by atoms with Crippen molar-refractivity contribution < 1.29 is 9.53 Å². The summed E-state index contributed by atoms with van der Waals surface area (Å²) in [5.74, 6) is 3.04. The molecule has 1 aromatic carbocycles. The van der Waals surface area contributed by atoms with Crippen molar-refractivity contribution in [1.82, 2.24) is 5.32 Å². The summed E-state index contributed by atoms with van der Waals surface area (Å²) in [7, 11) is 1.56. The number of carbonyl (C=O) groups excluding carboxylic acids is 1. The largest absolute Gasteiger partial charge is 0.497 e. The van der Waals surface area contributed by atoms with Gasteiger partial charge in [-0.1, -0.05) is 5.92 Å². The van der Waals surface area contributed by atoms with Crippen LogP contribution >= 0.6 is 0 Å². The normalized spacial score (nSPS) is 16.3. The molecule has 0 aliphatic heterocycles. The summed E-state index contributed by atoms with van der Waals surface area (Å²) in [4.78, 5) is 12.2. The molecule has 1 aliphatic carbocycles. The third kappa shape index (κ3) is 2.48. The molecule has 0 atom stereocenters. The van der Waals surface area contributed by atoms with Crippen LogP contribution in [0.3, 0.4) is 0 Å². The molecule has 0 bridgehead atoms. The molecular weight excluding hydrogens is 226 g/mol. The van der Waals surface area contributed by atoms with Crippen LogP contribution in [0.15, 0.2) is 18.2 Å². The van der Waals surface area contributed by atoms with Gasteiger partial charge in [0.15, 0.2) is 0 Å². The van der Waals surface area contributed by atoms with Gasteiger partial charge in [0.2, 0.25) is 0 Å². The molecule has 0 heterocycles. The molecule has 94 valence electrons. The van der Waals surface area contributed by atoms with E-state index in [2.05, 4.69) is 18.2 Å². The Morgan fingerprint density at radius 2 is 2.17 bits per heavy atom. The van der Waals surface area contributed by atoms with Crippen LogP contribution in [0.5, 0.6) is 5.75 Å². The molecule has 1 amide bonds. The number of nitrogens with one attached hydrogen (secondary N) is 1. The molecule has 2 rings (SSSR count). The lowest BCUT2D eigenvalue weighted by atomic mass is 9.78. The van der Waals surface area contributed by atoms with Crippen molar-refractivity contribution in [3.63, 3.8) is 0 Å². The Bertz CT molecular complexity index is 510. The van der Waals surface area contributed by atoms with E-state index in [-0.39, 0.29) is 11.4 Å². The van der Waals surface area contributed by atoms with Gasteiger partial charge in [-0.25, -0.2) is 0 Å². The zero-order valence-corrected chi connectivity index (χ0v) is 10.7. The molecule has 1 N–H and O–H groups in total. The van der Waals surface area contributed by atoms with E-state index in [0.29, 0.717) is 16.9 Å². The van der Waals surface area contributed by atoms with Crippen LogP contribution in [0.25, 0.3) is 0 Å². The van der Waals surface area contributed by atoms with E-state index in [9.17, 15) is 4.79 Å². The highest BCUT2D eigenvalue weighted by Gasteiger charge is 2.33. The number of ether oxygens (including phenoxy) is 1. The molecule has 1 saturated carbocycles. The fourth-order valence-electron chi connectivity index (χ4n) is 2.11. The van der Waals surface area contributed by atoms with Crippen molar-refractivity contribution >= 4 is 5.91 Å². The van der Waals surface area contributed by atoms with Gasteiger partial charge in [-0.05, 0) is 44.4 Å². The second-order valence-electron chi connectivity index (χ2n) is 4.96. The van der Waals surface area contributed by atoms with Crippen molar-refractivity contribution in [2.75, 3.05) is 7.11 Å². The minimum absolute atomic E-state index is 0.0591. The second-order valence-corrected chi connectivity index (χ2v) is 4.96. The first-order valence-corrected chi connectivity index (χ1v) is 6.04. The summed E-state index contributed by atoms with van der Waals surface area (Å²) in [6, 6.07) is 5.15. The molecule has 1 fully saturated rings. The van der Waals surface area contributed by atoms with E-state index in [1.807, 2.05) is 0 Å². The van der Waals surface area contributed by atoms with Crippen molar-refractivity contribution in [3.05, 3.63) is 29.3 Å². The molecule has 3 heteroatoms. The van der Waals surface area contributed by atoms with E-state index in [4.69, 9.17) is 11.2 Å². The molecule has 0 radical (unpaired) electrons. The summed E-state index contributed by atoms with van der Waals surface area (Å²) in [6.07, 6.45) is 8.61. The number of terminal acetylenes is 1. The number of methoxy groups -OCH3 is 1. The predicted octanol–water partition coefficient (Wildman–Crippen LogP) is 2.35. The summed E-state index contributed by atoms with van der Waals surface area (Å²) in [5.41, 5.74) is 1.14. The number of hydrogen-bond donors (Lipinski definition) is 1. The zero-order valence-electron chi connectivity index (χ0n) is 10.7. The highest BCUT2D eigenvalue weighted by atomic mass is 16.5. The molecule has 3 nitrogen and oxygen atoms in total. The Hall–Kier alpha value is -1.95. The number of rotatable bonds is 3. The molecule has 0 aromatic heterocycles. The van der Waals surface area contributed by atoms with Gasteiger partial charge in [-0.3, -0.25) is 4.79 Å². The van der Waals surface area contributed by atoms with Crippen molar-refractivity contribution in [1.29, 1.82) is 0 Å². The smallest absolute Gasteiger partial charge is 0.251 e. The minimum atomic E-state index is -0.0902. The number of benzene rings is 1. The zero-order chi connectivity index (χ0) is 13.2. The minimum Gasteiger partial charge on any atom is -0.497 e. The third-order valence-corrected chi connectivity index (χ3v) is 3.44. The van der Waals surface area contributed by atoms with E-state index < -0.39 is 0 Å². The summed E-state index contributed by atoms with van der Waals surface area (Å²) in [6.45, 7) is 2.07. The maximum absolute atomic E-state index is 12.2. The van der Waals surface area contributed by atoms with E-state index >= 15 is 0 Å². The highest BCUT2D eigenvalue weighted by Crippen LogP contribution is 2.31. The van der Waals surface area contributed by atoms with Gasteiger partial charge in [0, 0.05) is 16.7 Å². The number of amides is 1. The van der Waals surface area contributed by atoms with Gasteiger partial charge in [0.25, 0.3) is 5.91 Å². The standard InChI is InChI=1S/C15H17NO2/c1-4-11-8-12(10-13(9-11)18-3)14(17)16-15(2)6-5-7-15/h1,8-10H,5-7H2,2-3H3,(H,16,17). The Kier molecular flexibility index (Phi) is 3.29. The SMILES string of the molecule is C#Cc1cc(OC)cc(C(=O)NC2(C)CCC2)c1. The van der Waals surface area contributed by atoms with Gasteiger partial charge in [-0.2, -0.15) is 0 Å². The van der Waals surface area contributed by atoms with Gasteiger partial charge in [0.1, 0.15) is 5.75 Å². The van der Waals surface area contributed by atoms with Gasteiger partial charge >= 0.3 is 0 Å². The molecule has 18 heavy (non-hydrogen) atoms. The quantitative estimate of drug-likeness (QED) is 0.828. The molecule has 0 unspecified atom stereocenters. The Morgan fingerprint density at radius 1 is 1.44 bits per heavy atom. The fourth-order valence-corrected chi connectivity index (χ4v) is 2.11. The molecule has 1 aromatic rings. The third-order valence-electron chi connectivity index (χ3n) is 3.44. The molecule has 1 aliphatic rings. The van der Waals surface area contributed by atoms with Crippen LogP contribution in [0.2, 0.25) is 0 Å². The van der Waals surface area contributed by atoms with Crippen LogP contribution in [0, 0.1) is 12.3 Å². The average molecular weight is 243 g/mol. The van der Waals surface area contributed by atoms with Gasteiger partial charge < -0.3 is 10.1 Å². The second kappa shape index (κ2) is 4.73. The molecule has 0 spiro atoms. The first-order valence-electron chi connectivity index (χ1n) is 6.04. The molecule has 0 saturated heterocycles. The predicted molar refractivity (Wildman–Crippen MR) is 70.7 cm³/mol. The Morgan fingerprint density at radius 3 is 2.67 bits per heavy atom. The maximum atomic E-state index is 12.2.